The first-order valence-corrected chi connectivity index (χ1v) is 9.49. The van der Waals surface area contributed by atoms with Gasteiger partial charge in [0.15, 0.2) is 0 Å². The van der Waals surface area contributed by atoms with Crippen LogP contribution in [0.25, 0.3) is 0 Å². The van der Waals surface area contributed by atoms with E-state index in [4.69, 9.17) is 0 Å². The van der Waals surface area contributed by atoms with Crippen LogP contribution in [0.2, 0.25) is 0 Å². The molecule has 1 aliphatic carbocycles. The van der Waals surface area contributed by atoms with Crippen LogP contribution in [0.3, 0.4) is 0 Å². The van der Waals surface area contributed by atoms with Gasteiger partial charge < -0.3 is 10.2 Å². The van der Waals surface area contributed by atoms with Crippen molar-refractivity contribution in [3.8, 4) is 0 Å². The first-order chi connectivity index (χ1) is 11.0. The summed E-state index contributed by atoms with van der Waals surface area (Å²) in [6.07, 6.45) is 1.86. The molecule has 1 unspecified atom stereocenters. The van der Waals surface area contributed by atoms with Gasteiger partial charge in [-0.2, -0.15) is 11.3 Å². The summed E-state index contributed by atoms with van der Waals surface area (Å²) < 4.78 is 1.03. The van der Waals surface area contributed by atoms with Gasteiger partial charge >= 0.3 is 0 Å². The number of hydrogen-bond donors (Lipinski definition) is 1. The van der Waals surface area contributed by atoms with Crippen LogP contribution in [0.1, 0.15) is 30.0 Å². The summed E-state index contributed by atoms with van der Waals surface area (Å²) in [4.78, 5) is 14.9. The molecule has 2 aromatic rings. The summed E-state index contributed by atoms with van der Waals surface area (Å²) in [6, 6.07) is 10.5. The van der Waals surface area contributed by atoms with E-state index in [2.05, 4.69) is 69.2 Å². The van der Waals surface area contributed by atoms with Crippen LogP contribution in [0, 0.1) is 0 Å². The molecule has 1 aromatic carbocycles. The zero-order valence-electron chi connectivity index (χ0n) is 13.4. The quantitative estimate of drug-likeness (QED) is 0.806. The van der Waals surface area contributed by atoms with Crippen LogP contribution >= 0.6 is 27.3 Å². The highest BCUT2D eigenvalue weighted by Gasteiger charge is 2.51. The summed E-state index contributed by atoms with van der Waals surface area (Å²) in [5, 5.41) is 7.41. The van der Waals surface area contributed by atoms with Crippen molar-refractivity contribution in [1.29, 1.82) is 0 Å². The minimum Gasteiger partial charge on any atom is -0.353 e. The lowest BCUT2D eigenvalue weighted by molar-refractivity contribution is -0.123. The first kappa shape index (κ1) is 16.7. The molecule has 0 aliphatic heterocycles. The molecule has 3 rings (SSSR count). The number of nitrogens with zero attached hydrogens (tertiary/aromatic N) is 1. The molecule has 1 amide bonds. The molecule has 0 spiro atoms. The fourth-order valence-corrected chi connectivity index (χ4v) is 4.09. The van der Waals surface area contributed by atoms with Crippen molar-refractivity contribution < 1.29 is 4.79 Å². The minimum atomic E-state index is -0.324. The number of amides is 1. The van der Waals surface area contributed by atoms with Gasteiger partial charge in [0, 0.05) is 11.0 Å². The van der Waals surface area contributed by atoms with Crippen LogP contribution in [0.5, 0.6) is 0 Å². The predicted octanol–water partition coefficient (Wildman–Crippen LogP) is 3.96. The number of benzene rings is 1. The Kier molecular flexibility index (Phi) is 4.90. The van der Waals surface area contributed by atoms with E-state index in [1.807, 2.05) is 12.1 Å². The Morgan fingerprint density at radius 2 is 2.17 bits per heavy atom. The number of rotatable bonds is 6. The van der Waals surface area contributed by atoms with Crippen molar-refractivity contribution in [2.24, 2.45) is 0 Å². The highest BCUT2D eigenvalue weighted by atomic mass is 79.9. The Morgan fingerprint density at radius 3 is 2.74 bits per heavy atom. The normalized spacial score (nSPS) is 17.0. The Hall–Kier alpha value is -1.17. The van der Waals surface area contributed by atoms with Crippen LogP contribution in [0.4, 0.5) is 0 Å². The van der Waals surface area contributed by atoms with Gasteiger partial charge in [0.2, 0.25) is 5.91 Å². The highest BCUT2D eigenvalue weighted by Crippen LogP contribution is 2.48. The smallest absolute Gasteiger partial charge is 0.230 e. The number of carbonyl (C=O) groups is 1. The molecule has 1 aliphatic rings. The van der Waals surface area contributed by atoms with Gasteiger partial charge in [0.25, 0.3) is 0 Å². The molecule has 0 radical (unpaired) electrons. The lowest BCUT2D eigenvalue weighted by Crippen LogP contribution is -2.40. The lowest BCUT2D eigenvalue weighted by Gasteiger charge is -2.25. The number of nitrogens with one attached hydrogen (secondary N) is 1. The minimum absolute atomic E-state index is 0.151. The molecule has 1 fully saturated rings. The van der Waals surface area contributed by atoms with Gasteiger partial charge in [-0.25, -0.2) is 0 Å². The molecule has 1 aromatic heterocycles. The summed E-state index contributed by atoms with van der Waals surface area (Å²) in [6.45, 7) is 0.637. The van der Waals surface area contributed by atoms with Crippen LogP contribution < -0.4 is 5.32 Å². The maximum absolute atomic E-state index is 12.8. The number of halogens is 1. The van der Waals surface area contributed by atoms with E-state index >= 15 is 0 Å². The fourth-order valence-electron chi connectivity index (χ4n) is 2.98. The third-order valence-corrected chi connectivity index (χ3v) is 5.76. The summed E-state index contributed by atoms with van der Waals surface area (Å²) >= 11 is 5.19. The second-order valence-electron chi connectivity index (χ2n) is 6.34. The van der Waals surface area contributed by atoms with Crippen LogP contribution in [-0.4, -0.2) is 31.4 Å². The molecule has 1 saturated carbocycles. The molecule has 0 saturated heterocycles. The highest BCUT2D eigenvalue weighted by molar-refractivity contribution is 9.10. The number of likely N-dealkylation sites (N-methyl/N-ethyl adjacent to an activating group) is 1. The molecule has 1 atom stereocenters. The van der Waals surface area contributed by atoms with E-state index in [1.165, 1.54) is 5.56 Å². The summed E-state index contributed by atoms with van der Waals surface area (Å²) in [5.41, 5.74) is 2.05. The number of thiophene rings is 1. The molecule has 122 valence electrons. The van der Waals surface area contributed by atoms with E-state index in [0.29, 0.717) is 6.54 Å². The summed E-state index contributed by atoms with van der Waals surface area (Å²) in [5.74, 6) is 0.151. The van der Waals surface area contributed by atoms with Gasteiger partial charge in [-0.3, -0.25) is 4.79 Å². The molecular formula is C18H21BrN2OS. The average Bonchev–Trinajstić information content (AvgIpc) is 3.17. The zero-order valence-corrected chi connectivity index (χ0v) is 15.8. The van der Waals surface area contributed by atoms with E-state index in [9.17, 15) is 4.79 Å². The molecule has 23 heavy (non-hydrogen) atoms. The number of hydrogen-bond acceptors (Lipinski definition) is 3. The maximum Gasteiger partial charge on any atom is 0.230 e. The predicted molar refractivity (Wildman–Crippen MR) is 98.8 cm³/mol. The lowest BCUT2D eigenvalue weighted by atomic mass is 9.95. The van der Waals surface area contributed by atoms with Crippen molar-refractivity contribution in [1.82, 2.24) is 10.2 Å². The Labute approximate surface area is 149 Å². The van der Waals surface area contributed by atoms with Crippen LogP contribution in [0.15, 0.2) is 45.6 Å². The van der Waals surface area contributed by atoms with E-state index in [0.717, 1.165) is 22.9 Å². The Morgan fingerprint density at radius 1 is 1.39 bits per heavy atom. The standard InChI is InChI=1S/C18H21BrN2OS/c1-21(2)16(13-6-9-23-12-13)11-20-17(22)18(7-8-18)14-4-3-5-15(19)10-14/h3-6,9-10,12,16H,7-8,11H2,1-2H3,(H,20,22). The van der Waals surface area contributed by atoms with Crippen molar-refractivity contribution >= 4 is 33.2 Å². The van der Waals surface area contributed by atoms with Crippen LogP contribution in [-0.2, 0) is 10.2 Å². The second kappa shape index (κ2) is 6.75. The summed E-state index contributed by atoms with van der Waals surface area (Å²) in [7, 11) is 4.10. The van der Waals surface area contributed by atoms with E-state index in [-0.39, 0.29) is 17.4 Å². The number of carbonyl (C=O) groups excluding carboxylic acids is 1. The Balaban J connectivity index is 1.69. The third kappa shape index (κ3) is 3.52. The average molecular weight is 393 g/mol. The van der Waals surface area contributed by atoms with Crippen molar-refractivity contribution in [3.05, 3.63) is 56.7 Å². The van der Waals surface area contributed by atoms with Gasteiger partial charge in [-0.1, -0.05) is 28.1 Å². The van der Waals surface area contributed by atoms with Crippen molar-refractivity contribution in [3.63, 3.8) is 0 Å². The first-order valence-electron chi connectivity index (χ1n) is 7.76. The van der Waals surface area contributed by atoms with Crippen molar-refractivity contribution in [2.45, 2.75) is 24.3 Å². The maximum atomic E-state index is 12.8. The molecule has 5 heteroatoms. The van der Waals surface area contributed by atoms with E-state index < -0.39 is 0 Å². The monoisotopic (exact) mass is 392 g/mol. The molecular weight excluding hydrogens is 372 g/mol. The van der Waals surface area contributed by atoms with Gasteiger partial charge in [0.05, 0.1) is 11.5 Å². The SMILES string of the molecule is CN(C)C(CNC(=O)C1(c2cccc(Br)c2)CC1)c1ccsc1. The van der Waals surface area contributed by atoms with Gasteiger partial charge in [0.1, 0.15) is 0 Å². The molecule has 3 nitrogen and oxygen atoms in total. The zero-order chi connectivity index (χ0) is 16.4. The Bertz CT molecular complexity index is 680. The van der Waals surface area contributed by atoms with Gasteiger partial charge in [-0.05, 0) is 67.0 Å². The van der Waals surface area contributed by atoms with E-state index in [1.54, 1.807) is 11.3 Å². The second-order valence-corrected chi connectivity index (χ2v) is 8.03. The third-order valence-electron chi connectivity index (χ3n) is 4.57. The molecule has 1 heterocycles. The molecule has 1 N–H and O–H groups in total. The molecule has 0 bridgehead atoms. The topological polar surface area (TPSA) is 32.3 Å². The largest absolute Gasteiger partial charge is 0.353 e. The van der Waals surface area contributed by atoms with Gasteiger partial charge in [-0.15, -0.1) is 0 Å². The fraction of sp³-hybridized carbons (Fsp3) is 0.389. The van der Waals surface area contributed by atoms with Crippen molar-refractivity contribution in [2.75, 3.05) is 20.6 Å².